The highest BCUT2D eigenvalue weighted by atomic mass is 35.5. The Balaban J connectivity index is 1.68. The van der Waals surface area contributed by atoms with Gasteiger partial charge in [-0.2, -0.15) is 10.2 Å². The Bertz CT molecular complexity index is 906. The standard InChI is InChI=1S/C16H15ClN6O/c17-13-12(9-18-22-16(13)24)23-8-4-7-11(23)15-19-14(20-21-15)10-5-2-1-3-6-10/h1-3,5-6,9,11H,4,7-8H2,(H,22,24)(H,19,20,21)/t11-/m1/s1. The maximum Gasteiger partial charge on any atom is 0.285 e. The third kappa shape index (κ3) is 2.56. The molecule has 3 aromatic rings. The van der Waals surface area contributed by atoms with Crippen LogP contribution in [0.1, 0.15) is 24.7 Å². The van der Waals surface area contributed by atoms with E-state index < -0.39 is 0 Å². The van der Waals surface area contributed by atoms with Gasteiger partial charge in [0.2, 0.25) is 0 Å². The molecule has 0 radical (unpaired) electrons. The Labute approximate surface area is 142 Å². The van der Waals surface area contributed by atoms with Crippen molar-refractivity contribution >= 4 is 17.3 Å². The second-order valence-corrected chi connectivity index (χ2v) is 6.04. The van der Waals surface area contributed by atoms with Gasteiger partial charge in [0, 0.05) is 12.1 Å². The summed E-state index contributed by atoms with van der Waals surface area (Å²) in [5, 5.41) is 13.7. The summed E-state index contributed by atoms with van der Waals surface area (Å²) in [5.74, 6) is 1.43. The summed E-state index contributed by atoms with van der Waals surface area (Å²) in [6.45, 7) is 0.789. The fourth-order valence-electron chi connectivity index (χ4n) is 3.05. The smallest absolute Gasteiger partial charge is 0.285 e. The van der Waals surface area contributed by atoms with E-state index in [0.717, 1.165) is 30.8 Å². The highest BCUT2D eigenvalue weighted by Gasteiger charge is 2.31. The Morgan fingerprint density at radius 1 is 1.21 bits per heavy atom. The van der Waals surface area contributed by atoms with E-state index in [1.165, 1.54) is 0 Å². The van der Waals surface area contributed by atoms with Gasteiger partial charge in [-0.05, 0) is 12.8 Å². The summed E-state index contributed by atoms with van der Waals surface area (Å²) < 4.78 is 0. The number of halogens is 1. The molecule has 3 heterocycles. The van der Waals surface area contributed by atoms with Crippen molar-refractivity contribution in [1.82, 2.24) is 25.4 Å². The lowest BCUT2D eigenvalue weighted by atomic mass is 10.2. The normalized spacial score (nSPS) is 17.4. The Kier molecular flexibility index (Phi) is 3.78. The first-order valence-corrected chi connectivity index (χ1v) is 8.09. The summed E-state index contributed by atoms with van der Waals surface area (Å²) in [4.78, 5) is 18.4. The van der Waals surface area contributed by atoms with Gasteiger partial charge in [0.25, 0.3) is 5.56 Å². The monoisotopic (exact) mass is 342 g/mol. The Morgan fingerprint density at radius 2 is 2.04 bits per heavy atom. The van der Waals surface area contributed by atoms with Crippen molar-refractivity contribution in [2.24, 2.45) is 0 Å². The van der Waals surface area contributed by atoms with Crippen LogP contribution in [0.25, 0.3) is 11.4 Å². The zero-order valence-corrected chi connectivity index (χ0v) is 13.5. The number of hydrogen-bond acceptors (Lipinski definition) is 5. The summed E-state index contributed by atoms with van der Waals surface area (Å²) in [5.41, 5.74) is 1.20. The predicted octanol–water partition coefficient (Wildman–Crippen LogP) is 2.55. The van der Waals surface area contributed by atoms with E-state index in [0.29, 0.717) is 11.5 Å². The quantitative estimate of drug-likeness (QED) is 0.763. The largest absolute Gasteiger partial charge is 0.359 e. The number of aromatic amines is 2. The van der Waals surface area contributed by atoms with Gasteiger partial charge in [0.1, 0.15) is 10.8 Å². The summed E-state index contributed by atoms with van der Waals surface area (Å²) in [6.07, 6.45) is 3.47. The average Bonchev–Trinajstić information content (AvgIpc) is 3.27. The maximum absolute atomic E-state index is 11.7. The molecule has 0 unspecified atom stereocenters. The van der Waals surface area contributed by atoms with Gasteiger partial charge >= 0.3 is 0 Å². The minimum atomic E-state index is -0.387. The van der Waals surface area contributed by atoms with E-state index in [-0.39, 0.29) is 16.6 Å². The van der Waals surface area contributed by atoms with Crippen LogP contribution in [0.5, 0.6) is 0 Å². The molecule has 1 aromatic carbocycles. The van der Waals surface area contributed by atoms with Crippen LogP contribution in [0, 0.1) is 0 Å². The fraction of sp³-hybridized carbons (Fsp3) is 0.250. The molecule has 0 aliphatic carbocycles. The lowest BCUT2D eigenvalue weighted by molar-refractivity contribution is 0.667. The van der Waals surface area contributed by atoms with E-state index in [2.05, 4.69) is 30.3 Å². The number of nitrogens with zero attached hydrogens (tertiary/aromatic N) is 4. The number of hydrogen-bond donors (Lipinski definition) is 2. The van der Waals surface area contributed by atoms with Gasteiger partial charge in [-0.25, -0.2) is 10.1 Å². The predicted molar refractivity (Wildman–Crippen MR) is 91.0 cm³/mol. The van der Waals surface area contributed by atoms with E-state index in [9.17, 15) is 4.79 Å². The second-order valence-electron chi connectivity index (χ2n) is 5.66. The molecule has 0 bridgehead atoms. The second kappa shape index (κ2) is 6.09. The van der Waals surface area contributed by atoms with E-state index in [1.54, 1.807) is 6.20 Å². The van der Waals surface area contributed by atoms with Gasteiger partial charge in [-0.3, -0.25) is 9.89 Å². The zero-order valence-electron chi connectivity index (χ0n) is 12.7. The third-order valence-electron chi connectivity index (χ3n) is 4.19. The average molecular weight is 343 g/mol. The molecule has 1 fully saturated rings. The summed E-state index contributed by atoms with van der Waals surface area (Å²) in [7, 11) is 0. The minimum Gasteiger partial charge on any atom is -0.359 e. The molecule has 1 aliphatic heterocycles. The fourth-order valence-corrected chi connectivity index (χ4v) is 3.25. The number of rotatable bonds is 3. The number of anilines is 1. The SMILES string of the molecule is O=c1[nH]ncc(N2CCC[C@@H]2c2nc(-c3ccccc3)n[nH]2)c1Cl. The third-order valence-corrected chi connectivity index (χ3v) is 4.55. The van der Waals surface area contributed by atoms with Crippen LogP contribution in [0.4, 0.5) is 5.69 Å². The van der Waals surface area contributed by atoms with Crippen LogP contribution in [0.2, 0.25) is 5.02 Å². The van der Waals surface area contributed by atoms with Crippen molar-refractivity contribution < 1.29 is 0 Å². The van der Waals surface area contributed by atoms with Gasteiger partial charge < -0.3 is 4.90 Å². The van der Waals surface area contributed by atoms with Crippen LogP contribution in [0.15, 0.2) is 41.3 Å². The molecule has 8 heteroatoms. The van der Waals surface area contributed by atoms with E-state index in [4.69, 9.17) is 11.6 Å². The molecule has 24 heavy (non-hydrogen) atoms. The number of benzene rings is 1. The lowest BCUT2D eigenvalue weighted by Gasteiger charge is -2.25. The van der Waals surface area contributed by atoms with Gasteiger partial charge in [0.05, 0.1) is 17.9 Å². The van der Waals surface area contributed by atoms with Crippen LogP contribution in [-0.4, -0.2) is 31.9 Å². The first-order valence-electron chi connectivity index (χ1n) is 7.71. The van der Waals surface area contributed by atoms with Crippen LogP contribution < -0.4 is 10.5 Å². The highest BCUT2D eigenvalue weighted by Crippen LogP contribution is 2.36. The van der Waals surface area contributed by atoms with Crippen LogP contribution in [0.3, 0.4) is 0 Å². The molecule has 0 spiro atoms. The number of H-pyrrole nitrogens is 2. The van der Waals surface area contributed by atoms with Crippen LogP contribution >= 0.6 is 11.6 Å². The molecule has 1 aliphatic rings. The lowest BCUT2D eigenvalue weighted by Crippen LogP contribution is -2.26. The molecule has 1 atom stereocenters. The van der Waals surface area contributed by atoms with Crippen molar-refractivity contribution in [3.05, 3.63) is 57.7 Å². The first kappa shape index (κ1) is 14.9. The summed E-state index contributed by atoms with van der Waals surface area (Å²) >= 11 is 6.16. The van der Waals surface area contributed by atoms with Gasteiger partial charge in [-0.1, -0.05) is 41.9 Å². The number of nitrogens with one attached hydrogen (secondary N) is 2. The topological polar surface area (TPSA) is 90.6 Å². The van der Waals surface area contributed by atoms with Crippen molar-refractivity contribution in [3.8, 4) is 11.4 Å². The molecule has 2 aromatic heterocycles. The molecular weight excluding hydrogens is 328 g/mol. The van der Waals surface area contributed by atoms with Crippen molar-refractivity contribution in [2.45, 2.75) is 18.9 Å². The van der Waals surface area contributed by atoms with Gasteiger partial charge in [-0.15, -0.1) is 0 Å². The molecule has 7 nitrogen and oxygen atoms in total. The highest BCUT2D eigenvalue weighted by molar-refractivity contribution is 6.33. The van der Waals surface area contributed by atoms with E-state index in [1.807, 2.05) is 30.3 Å². The molecule has 122 valence electrons. The van der Waals surface area contributed by atoms with Crippen LogP contribution in [-0.2, 0) is 0 Å². The number of aromatic nitrogens is 5. The minimum absolute atomic E-state index is 0.00365. The first-order chi connectivity index (χ1) is 11.7. The zero-order chi connectivity index (χ0) is 16.5. The Morgan fingerprint density at radius 3 is 2.88 bits per heavy atom. The summed E-state index contributed by atoms with van der Waals surface area (Å²) in [6, 6.07) is 9.80. The van der Waals surface area contributed by atoms with E-state index >= 15 is 0 Å². The molecule has 1 saturated heterocycles. The van der Waals surface area contributed by atoms with Crippen molar-refractivity contribution in [2.75, 3.05) is 11.4 Å². The molecule has 4 rings (SSSR count). The molecule has 0 saturated carbocycles. The molecular formula is C16H15ClN6O. The molecule has 0 amide bonds. The maximum atomic E-state index is 11.7. The van der Waals surface area contributed by atoms with Gasteiger partial charge in [0.15, 0.2) is 5.82 Å². The Hall–Kier alpha value is -2.67. The molecule has 2 N–H and O–H groups in total. The van der Waals surface area contributed by atoms with Crippen molar-refractivity contribution in [1.29, 1.82) is 0 Å². The van der Waals surface area contributed by atoms with Crippen molar-refractivity contribution in [3.63, 3.8) is 0 Å².